The fourth-order valence-electron chi connectivity index (χ4n) is 2.98. The van der Waals surface area contributed by atoms with Gasteiger partial charge in [0.2, 0.25) is 0 Å². The van der Waals surface area contributed by atoms with Crippen LogP contribution in [0.15, 0.2) is 77.7 Å². The van der Waals surface area contributed by atoms with Crippen LogP contribution in [-0.2, 0) is 0 Å². The molecule has 8 heteroatoms. The number of hydrogen-bond donors (Lipinski definition) is 0. The van der Waals surface area contributed by atoms with Gasteiger partial charge in [0.05, 0.1) is 16.1 Å². The molecular formula is C23H18F2N2O4. The second-order valence-electron chi connectivity index (χ2n) is 6.15. The Hall–Kier alpha value is -4.07. The number of nitro groups is 1. The summed E-state index contributed by atoms with van der Waals surface area (Å²) in [7, 11) is 0. The lowest BCUT2D eigenvalue weighted by Crippen LogP contribution is -2.08. The summed E-state index contributed by atoms with van der Waals surface area (Å²) in [6.45, 7) is 4.00. The first kappa shape index (κ1) is 21.6. The lowest BCUT2D eigenvalue weighted by Gasteiger charge is -2.16. The number of nitro benzene ring substituents is 1. The maximum atomic E-state index is 14.1. The van der Waals surface area contributed by atoms with Gasteiger partial charge in [-0.15, -0.1) is 0 Å². The maximum Gasteiger partial charge on any atom is 0.271 e. The second kappa shape index (κ2) is 9.17. The van der Waals surface area contributed by atoms with E-state index in [0.29, 0.717) is 17.0 Å². The van der Waals surface area contributed by atoms with E-state index in [9.17, 15) is 23.7 Å². The Bertz CT molecular complexity index is 1320. The van der Waals surface area contributed by atoms with Crippen LogP contribution in [-0.4, -0.2) is 9.49 Å². The third kappa shape index (κ3) is 4.42. The van der Waals surface area contributed by atoms with Gasteiger partial charge in [0.25, 0.3) is 5.69 Å². The van der Waals surface area contributed by atoms with E-state index >= 15 is 0 Å². The van der Waals surface area contributed by atoms with E-state index in [1.54, 1.807) is 28.8 Å². The molecule has 1 heterocycles. The van der Waals surface area contributed by atoms with Crippen LogP contribution in [0.1, 0.15) is 13.8 Å². The maximum absolute atomic E-state index is 14.1. The Labute approximate surface area is 176 Å². The Morgan fingerprint density at radius 1 is 0.935 bits per heavy atom. The van der Waals surface area contributed by atoms with Gasteiger partial charge in [-0.1, -0.05) is 26.0 Å². The number of hydrogen-bond acceptors (Lipinski definition) is 4. The molecule has 6 nitrogen and oxygen atoms in total. The van der Waals surface area contributed by atoms with E-state index in [4.69, 9.17) is 4.74 Å². The van der Waals surface area contributed by atoms with Gasteiger partial charge in [-0.05, 0) is 30.3 Å². The molecule has 4 rings (SSSR count). The van der Waals surface area contributed by atoms with Crippen molar-refractivity contribution in [3.05, 3.63) is 105 Å². The average Bonchev–Trinajstić information content (AvgIpc) is 2.78. The zero-order valence-corrected chi connectivity index (χ0v) is 16.7. The average molecular weight is 424 g/mol. The molecule has 0 N–H and O–H groups in total. The standard InChI is InChI=1S/C21H12F2N2O4.C2H6/c22-13-5-7-20(16(23)11-13)29-21-8-6-14(25(27)28)12-18(21)24-10-9-19(26)15-3-1-2-4-17(15)24;1-2/h1-12H;1-2H3. The Balaban J connectivity index is 0.00000132. The van der Waals surface area contributed by atoms with Crippen molar-refractivity contribution in [3.8, 4) is 17.2 Å². The van der Waals surface area contributed by atoms with Crippen LogP contribution in [0.2, 0.25) is 0 Å². The molecule has 0 saturated carbocycles. The zero-order chi connectivity index (χ0) is 22.5. The van der Waals surface area contributed by atoms with E-state index in [0.717, 1.165) is 12.1 Å². The third-order valence-corrected chi connectivity index (χ3v) is 4.33. The molecule has 31 heavy (non-hydrogen) atoms. The van der Waals surface area contributed by atoms with Crippen LogP contribution in [0.3, 0.4) is 0 Å². The van der Waals surface area contributed by atoms with Crippen LogP contribution >= 0.6 is 0 Å². The van der Waals surface area contributed by atoms with Crippen molar-refractivity contribution in [3.63, 3.8) is 0 Å². The van der Waals surface area contributed by atoms with E-state index in [2.05, 4.69) is 0 Å². The zero-order valence-electron chi connectivity index (χ0n) is 16.7. The Morgan fingerprint density at radius 2 is 1.65 bits per heavy atom. The third-order valence-electron chi connectivity index (χ3n) is 4.33. The van der Waals surface area contributed by atoms with Gasteiger partial charge in [0.15, 0.2) is 22.7 Å². The molecule has 158 valence electrons. The van der Waals surface area contributed by atoms with Gasteiger partial charge in [-0.25, -0.2) is 8.78 Å². The number of aromatic nitrogens is 1. The van der Waals surface area contributed by atoms with Crippen molar-refractivity contribution >= 4 is 16.6 Å². The van der Waals surface area contributed by atoms with Crippen LogP contribution in [0.5, 0.6) is 11.5 Å². The van der Waals surface area contributed by atoms with Gasteiger partial charge in [-0.2, -0.15) is 0 Å². The summed E-state index contributed by atoms with van der Waals surface area (Å²) in [6.07, 6.45) is 1.46. The highest BCUT2D eigenvalue weighted by atomic mass is 19.1. The van der Waals surface area contributed by atoms with E-state index in [-0.39, 0.29) is 28.3 Å². The number of rotatable bonds is 4. The predicted molar refractivity (Wildman–Crippen MR) is 114 cm³/mol. The minimum absolute atomic E-state index is 0.0925. The Morgan fingerprint density at radius 3 is 2.35 bits per heavy atom. The summed E-state index contributed by atoms with van der Waals surface area (Å²) in [5, 5.41) is 11.7. The lowest BCUT2D eigenvalue weighted by molar-refractivity contribution is -0.384. The molecule has 0 saturated heterocycles. The molecule has 0 amide bonds. The molecule has 0 radical (unpaired) electrons. The summed E-state index contributed by atoms with van der Waals surface area (Å²) >= 11 is 0. The number of halogens is 2. The van der Waals surface area contributed by atoms with Gasteiger partial charge in [0, 0.05) is 35.8 Å². The molecule has 4 aromatic rings. The van der Waals surface area contributed by atoms with Crippen LogP contribution < -0.4 is 10.2 Å². The minimum atomic E-state index is -0.918. The van der Waals surface area contributed by atoms with E-state index in [1.165, 1.54) is 30.5 Å². The van der Waals surface area contributed by atoms with Crippen molar-refractivity contribution in [2.75, 3.05) is 0 Å². The smallest absolute Gasteiger partial charge is 0.271 e. The number of ether oxygens (including phenoxy) is 1. The Kier molecular flexibility index (Phi) is 6.40. The van der Waals surface area contributed by atoms with Crippen molar-refractivity contribution < 1.29 is 18.4 Å². The number of para-hydroxylation sites is 1. The van der Waals surface area contributed by atoms with Crippen LogP contribution in [0.4, 0.5) is 14.5 Å². The number of pyridine rings is 1. The molecule has 0 aliphatic carbocycles. The molecule has 0 bridgehead atoms. The molecule has 0 aliphatic heterocycles. The molecule has 0 fully saturated rings. The number of nitrogens with zero attached hydrogens (tertiary/aromatic N) is 2. The normalized spacial score (nSPS) is 10.3. The number of non-ortho nitro benzene ring substituents is 1. The van der Waals surface area contributed by atoms with Gasteiger partial charge in [0.1, 0.15) is 5.82 Å². The first-order chi connectivity index (χ1) is 14.9. The first-order valence-electron chi connectivity index (χ1n) is 9.46. The highest BCUT2D eigenvalue weighted by Gasteiger charge is 2.17. The topological polar surface area (TPSA) is 74.4 Å². The van der Waals surface area contributed by atoms with Crippen molar-refractivity contribution in [2.45, 2.75) is 13.8 Å². The molecule has 0 unspecified atom stereocenters. The SMILES string of the molecule is CC.O=c1ccn(-c2cc([N+](=O)[O-])ccc2Oc2ccc(F)cc2F)c2ccccc12. The van der Waals surface area contributed by atoms with Crippen molar-refractivity contribution in [1.29, 1.82) is 0 Å². The summed E-state index contributed by atoms with van der Waals surface area (Å²) in [5.41, 5.74) is 0.285. The largest absolute Gasteiger partial charge is 0.452 e. The molecule has 1 aromatic heterocycles. The van der Waals surface area contributed by atoms with Crippen LogP contribution in [0, 0.1) is 21.7 Å². The monoisotopic (exact) mass is 424 g/mol. The van der Waals surface area contributed by atoms with Crippen molar-refractivity contribution in [2.24, 2.45) is 0 Å². The van der Waals surface area contributed by atoms with Crippen molar-refractivity contribution in [1.82, 2.24) is 4.57 Å². The lowest BCUT2D eigenvalue weighted by atomic mass is 10.2. The van der Waals surface area contributed by atoms with Gasteiger partial charge < -0.3 is 9.30 Å². The number of benzene rings is 3. The van der Waals surface area contributed by atoms with Gasteiger partial charge >= 0.3 is 0 Å². The van der Waals surface area contributed by atoms with Gasteiger partial charge in [-0.3, -0.25) is 14.9 Å². The summed E-state index contributed by atoms with van der Waals surface area (Å²) in [6, 6.07) is 14.7. The molecule has 0 spiro atoms. The molecule has 0 atom stereocenters. The minimum Gasteiger partial charge on any atom is -0.452 e. The second-order valence-corrected chi connectivity index (χ2v) is 6.15. The highest BCUT2D eigenvalue weighted by Crippen LogP contribution is 2.34. The quantitative estimate of drug-likeness (QED) is 0.298. The fraction of sp³-hybridized carbons (Fsp3) is 0.0870. The van der Waals surface area contributed by atoms with E-state index in [1.807, 2.05) is 13.8 Å². The predicted octanol–water partition coefficient (Wildman–Crippen LogP) is 6.00. The van der Waals surface area contributed by atoms with Crippen LogP contribution in [0.25, 0.3) is 16.6 Å². The molecule has 3 aromatic carbocycles. The summed E-state index contributed by atoms with van der Waals surface area (Å²) in [4.78, 5) is 22.8. The molecular weight excluding hydrogens is 406 g/mol. The molecule has 0 aliphatic rings. The summed E-state index contributed by atoms with van der Waals surface area (Å²) in [5.74, 6) is -1.83. The summed E-state index contributed by atoms with van der Waals surface area (Å²) < 4.78 is 34.4. The number of fused-ring (bicyclic) bond motifs is 1. The first-order valence-corrected chi connectivity index (χ1v) is 9.46. The van der Waals surface area contributed by atoms with E-state index < -0.39 is 16.6 Å². The fourth-order valence-corrected chi connectivity index (χ4v) is 2.98. The highest BCUT2D eigenvalue weighted by molar-refractivity contribution is 5.81.